The van der Waals surface area contributed by atoms with Gasteiger partial charge in [-0.2, -0.15) is 5.10 Å². The van der Waals surface area contributed by atoms with E-state index < -0.39 is 0 Å². The molecule has 2 atom stereocenters. The van der Waals surface area contributed by atoms with Crippen molar-refractivity contribution in [3.63, 3.8) is 0 Å². The zero-order valence-electron chi connectivity index (χ0n) is 9.56. The van der Waals surface area contributed by atoms with Crippen molar-refractivity contribution in [2.75, 3.05) is 6.61 Å². The molecule has 4 nitrogen and oxygen atoms in total. The highest BCUT2D eigenvalue weighted by atomic mass is 16.3. The minimum atomic E-state index is 0.103. The molecular formula is C11H21N3O. The van der Waals surface area contributed by atoms with Crippen LogP contribution >= 0.6 is 0 Å². The fourth-order valence-corrected chi connectivity index (χ4v) is 1.80. The largest absolute Gasteiger partial charge is 0.396 e. The number of hydrogen-bond acceptors (Lipinski definition) is 3. The molecule has 4 heteroatoms. The summed E-state index contributed by atoms with van der Waals surface area (Å²) >= 11 is 0. The Morgan fingerprint density at radius 2 is 2.27 bits per heavy atom. The van der Waals surface area contributed by atoms with E-state index in [1.165, 1.54) is 0 Å². The summed E-state index contributed by atoms with van der Waals surface area (Å²) < 4.78 is 1.89. The monoisotopic (exact) mass is 211 g/mol. The summed E-state index contributed by atoms with van der Waals surface area (Å²) in [5.74, 6) is 0.222. The lowest BCUT2D eigenvalue weighted by molar-refractivity contribution is 0.266. The molecule has 0 saturated carbocycles. The molecule has 1 aromatic heterocycles. The van der Waals surface area contributed by atoms with Gasteiger partial charge in [0.2, 0.25) is 0 Å². The van der Waals surface area contributed by atoms with Crippen molar-refractivity contribution in [2.45, 2.75) is 45.2 Å². The lowest BCUT2D eigenvalue weighted by atomic mass is 9.90. The molecule has 0 radical (unpaired) electrons. The molecule has 0 spiro atoms. The van der Waals surface area contributed by atoms with Crippen molar-refractivity contribution in [1.82, 2.24) is 9.78 Å². The van der Waals surface area contributed by atoms with Crippen LogP contribution in [0.5, 0.6) is 0 Å². The van der Waals surface area contributed by atoms with Crippen LogP contribution in [0, 0.1) is 0 Å². The van der Waals surface area contributed by atoms with Gasteiger partial charge in [-0.1, -0.05) is 6.92 Å². The second-order valence-corrected chi connectivity index (χ2v) is 3.82. The van der Waals surface area contributed by atoms with Crippen molar-refractivity contribution in [2.24, 2.45) is 5.73 Å². The minimum Gasteiger partial charge on any atom is -0.396 e. The predicted octanol–water partition coefficient (Wildman–Crippen LogP) is 1.11. The topological polar surface area (TPSA) is 64.1 Å². The van der Waals surface area contributed by atoms with E-state index in [9.17, 15) is 0 Å². The van der Waals surface area contributed by atoms with Crippen LogP contribution in [0.3, 0.4) is 0 Å². The van der Waals surface area contributed by atoms with E-state index in [4.69, 9.17) is 10.8 Å². The fraction of sp³-hybridized carbons (Fsp3) is 0.727. The quantitative estimate of drug-likeness (QED) is 0.740. The third-order valence-electron chi connectivity index (χ3n) is 2.83. The van der Waals surface area contributed by atoms with Gasteiger partial charge in [0.25, 0.3) is 0 Å². The van der Waals surface area contributed by atoms with E-state index >= 15 is 0 Å². The summed E-state index contributed by atoms with van der Waals surface area (Å²) in [7, 11) is 0. The van der Waals surface area contributed by atoms with Gasteiger partial charge in [0.05, 0.1) is 6.20 Å². The number of aryl methyl sites for hydroxylation is 1. The van der Waals surface area contributed by atoms with Crippen LogP contribution in [0.15, 0.2) is 12.4 Å². The first-order valence-corrected chi connectivity index (χ1v) is 5.61. The lowest BCUT2D eigenvalue weighted by Gasteiger charge is -2.20. The van der Waals surface area contributed by atoms with Crippen molar-refractivity contribution < 1.29 is 5.11 Å². The minimum absolute atomic E-state index is 0.103. The molecule has 0 bridgehead atoms. The third kappa shape index (κ3) is 3.04. The van der Waals surface area contributed by atoms with Crippen LogP contribution < -0.4 is 5.73 Å². The first kappa shape index (κ1) is 12.2. The number of nitrogens with zero attached hydrogens (tertiary/aromatic N) is 2. The molecule has 15 heavy (non-hydrogen) atoms. The van der Waals surface area contributed by atoms with Gasteiger partial charge in [0.15, 0.2) is 0 Å². The van der Waals surface area contributed by atoms with Crippen molar-refractivity contribution in [1.29, 1.82) is 0 Å². The van der Waals surface area contributed by atoms with E-state index in [1.807, 2.05) is 17.1 Å². The van der Waals surface area contributed by atoms with E-state index in [0.29, 0.717) is 6.42 Å². The molecule has 0 aromatic carbocycles. The van der Waals surface area contributed by atoms with Gasteiger partial charge in [-0.25, -0.2) is 0 Å². The molecule has 3 N–H and O–H groups in total. The maximum atomic E-state index is 9.02. The second-order valence-electron chi connectivity index (χ2n) is 3.82. The van der Waals surface area contributed by atoms with Crippen LogP contribution in [0.1, 0.15) is 38.2 Å². The molecular weight excluding hydrogens is 190 g/mol. The summed E-state index contributed by atoms with van der Waals surface area (Å²) in [5, 5.41) is 13.3. The van der Waals surface area contributed by atoms with Crippen LogP contribution in [0.2, 0.25) is 0 Å². The van der Waals surface area contributed by atoms with Gasteiger partial charge in [-0.15, -0.1) is 0 Å². The van der Waals surface area contributed by atoms with Gasteiger partial charge < -0.3 is 10.8 Å². The SMILES string of the molecule is CCC(N)C(CCO)c1cnn(CC)c1. The van der Waals surface area contributed by atoms with E-state index in [1.54, 1.807) is 0 Å². The molecule has 0 fully saturated rings. The molecule has 1 heterocycles. The Kier molecular flexibility index (Phi) is 4.78. The van der Waals surface area contributed by atoms with Crippen LogP contribution in [-0.2, 0) is 6.54 Å². The van der Waals surface area contributed by atoms with Gasteiger partial charge in [-0.3, -0.25) is 4.68 Å². The smallest absolute Gasteiger partial charge is 0.0525 e. The first-order chi connectivity index (χ1) is 7.22. The van der Waals surface area contributed by atoms with Crippen molar-refractivity contribution in [3.05, 3.63) is 18.0 Å². The van der Waals surface area contributed by atoms with Crippen molar-refractivity contribution in [3.8, 4) is 0 Å². The molecule has 1 aromatic rings. The third-order valence-corrected chi connectivity index (χ3v) is 2.83. The first-order valence-electron chi connectivity index (χ1n) is 5.61. The Morgan fingerprint density at radius 1 is 1.53 bits per heavy atom. The number of nitrogens with two attached hydrogens (primary N) is 1. The molecule has 0 saturated heterocycles. The Balaban J connectivity index is 2.78. The Labute approximate surface area is 91.1 Å². The average Bonchev–Trinajstić information content (AvgIpc) is 2.73. The molecule has 0 aliphatic carbocycles. The van der Waals surface area contributed by atoms with Gasteiger partial charge in [0, 0.05) is 31.3 Å². The van der Waals surface area contributed by atoms with E-state index in [2.05, 4.69) is 18.9 Å². The van der Waals surface area contributed by atoms with E-state index in [0.717, 1.165) is 18.5 Å². The highest BCUT2D eigenvalue weighted by Crippen LogP contribution is 2.23. The second kappa shape index (κ2) is 5.88. The number of aliphatic hydroxyl groups is 1. The van der Waals surface area contributed by atoms with Gasteiger partial charge in [-0.05, 0) is 25.3 Å². The highest BCUT2D eigenvalue weighted by Gasteiger charge is 2.19. The van der Waals surface area contributed by atoms with Crippen LogP contribution in [-0.4, -0.2) is 27.5 Å². The zero-order valence-corrected chi connectivity index (χ0v) is 9.56. The van der Waals surface area contributed by atoms with Crippen LogP contribution in [0.4, 0.5) is 0 Å². The summed E-state index contributed by atoms with van der Waals surface area (Å²) in [6.45, 7) is 5.17. The lowest BCUT2D eigenvalue weighted by Crippen LogP contribution is -2.28. The van der Waals surface area contributed by atoms with E-state index in [-0.39, 0.29) is 18.6 Å². The highest BCUT2D eigenvalue weighted by molar-refractivity contribution is 5.14. The Morgan fingerprint density at radius 3 is 2.73 bits per heavy atom. The number of rotatable bonds is 6. The normalized spacial score (nSPS) is 15.2. The van der Waals surface area contributed by atoms with Crippen molar-refractivity contribution >= 4 is 0 Å². The summed E-state index contributed by atoms with van der Waals surface area (Å²) in [4.78, 5) is 0. The summed E-state index contributed by atoms with van der Waals surface area (Å²) in [6.07, 6.45) is 5.52. The zero-order chi connectivity index (χ0) is 11.3. The molecule has 1 rings (SSSR count). The maximum Gasteiger partial charge on any atom is 0.0525 e. The maximum absolute atomic E-state index is 9.02. The summed E-state index contributed by atoms with van der Waals surface area (Å²) in [5.41, 5.74) is 7.18. The number of aliphatic hydroxyl groups excluding tert-OH is 1. The van der Waals surface area contributed by atoms with Gasteiger partial charge in [0.1, 0.15) is 0 Å². The number of aromatic nitrogens is 2. The number of hydrogen-bond donors (Lipinski definition) is 2. The van der Waals surface area contributed by atoms with Crippen LogP contribution in [0.25, 0.3) is 0 Å². The van der Waals surface area contributed by atoms with Gasteiger partial charge >= 0.3 is 0 Å². The predicted molar refractivity (Wildman–Crippen MR) is 60.6 cm³/mol. The molecule has 0 amide bonds. The average molecular weight is 211 g/mol. The Hall–Kier alpha value is -0.870. The molecule has 2 unspecified atom stereocenters. The summed E-state index contributed by atoms with van der Waals surface area (Å²) in [6, 6.07) is 0.103. The molecule has 0 aliphatic rings. The fourth-order valence-electron chi connectivity index (χ4n) is 1.80. The molecule has 0 aliphatic heterocycles. The Bertz CT molecular complexity index is 285. The molecule has 86 valence electrons. The standard InChI is InChI=1S/C11H21N3O/c1-3-11(12)10(5-6-15)9-7-13-14(4-2)8-9/h7-8,10-11,15H,3-6,12H2,1-2H3.